The second-order valence-electron chi connectivity index (χ2n) is 4.95. The van der Waals surface area contributed by atoms with Gasteiger partial charge < -0.3 is 10.6 Å². The Hall–Kier alpha value is -2.65. The lowest BCUT2D eigenvalue weighted by Gasteiger charge is -2.08. The van der Waals surface area contributed by atoms with Crippen molar-refractivity contribution in [1.82, 2.24) is 10.6 Å². The molecule has 1 unspecified atom stereocenters. The molecule has 5 nitrogen and oxygen atoms in total. The van der Waals surface area contributed by atoms with Gasteiger partial charge in [0.2, 0.25) is 0 Å². The van der Waals surface area contributed by atoms with Crippen LogP contribution in [0.1, 0.15) is 16.7 Å². The van der Waals surface area contributed by atoms with Crippen LogP contribution < -0.4 is 10.6 Å². The molecule has 2 aromatic carbocycles. The van der Waals surface area contributed by atoms with Gasteiger partial charge in [0.05, 0.1) is 11.6 Å². The van der Waals surface area contributed by atoms with Gasteiger partial charge in [-0.3, -0.25) is 4.21 Å². The SMILES string of the molecule is CS(=O)c1ccc(CNC(=O)NCc2cccc(C#N)c2)cc1. The van der Waals surface area contributed by atoms with Gasteiger partial charge in [-0.15, -0.1) is 0 Å². The maximum absolute atomic E-state index is 11.8. The quantitative estimate of drug-likeness (QED) is 0.884. The standard InChI is InChI=1S/C17H17N3O2S/c1-23(22)16-7-5-13(6-8-16)11-19-17(21)20-12-15-4-2-3-14(9-15)10-18/h2-9H,11-12H2,1H3,(H2,19,20,21). The number of nitrogens with one attached hydrogen (secondary N) is 2. The van der Waals surface area contributed by atoms with E-state index >= 15 is 0 Å². The highest BCUT2D eigenvalue weighted by Gasteiger charge is 2.02. The molecule has 2 rings (SSSR count). The molecule has 0 radical (unpaired) electrons. The molecule has 0 aliphatic heterocycles. The molecule has 0 aromatic heterocycles. The van der Waals surface area contributed by atoms with Crippen molar-refractivity contribution in [3.63, 3.8) is 0 Å². The maximum atomic E-state index is 11.8. The zero-order valence-electron chi connectivity index (χ0n) is 12.7. The highest BCUT2D eigenvalue weighted by Crippen LogP contribution is 2.07. The number of carbonyl (C=O) groups is 1. The molecular formula is C17H17N3O2S. The van der Waals surface area contributed by atoms with Crippen LogP contribution in [0.4, 0.5) is 4.79 Å². The molecule has 0 heterocycles. The molecule has 6 heteroatoms. The highest BCUT2D eigenvalue weighted by molar-refractivity contribution is 7.84. The number of nitriles is 1. The predicted octanol–water partition coefficient (Wildman–Crippen LogP) is 2.30. The number of nitrogens with zero attached hydrogens (tertiary/aromatic N) is 1. The first-order chi connectivity index (χ1) is 11.1. The van der Waals surface area contributed by atoms with Crippen molar-refractivity contribution in [2.45, 2.75) is 18.0 Å². The normalized spacial score (nSPS) is 11.3. The monoisotopic (exact) mass is 327 g/mol. The van der Waals surface area contributed by atoms with Gasteiger partial charge in [-0.25, -0.2) is 4.79 Å². The van der Waals surface area contributed by atoms with Crippen LogP contribution in [0.2, 0.25) is 0 Å². The number of rotatable bonds is 5. The fourth-order valence-corrected chi connectivity index (χ4v) is 2.50. The average molecular weight is 327 g/mol. The van der Waals surface area contributed by atoms with E-state index in [1.54, 1.807) is 36.6 Å². The predicted molar refractivity (Wildman–Crippen MR) is 89.0 cm³/mol. The number of hydrogen-bond acceptors (Lipinski definition) is 3. The van der Waals surface area contributed by atoms with E-state index in [9.17, 15) is 9.00 Å². The van der Waals surface area contributed by atoms with Crippen LogP contribution in [-0.4, -0.2) is 16.5 Å². The van der Waals surface area contributed by atoms with Crippen molar-refractivity contribution >= 4 is 16.8 Å². The van der Waals surface area contributed by atoms with E-state index in [2.05, 4.69) is 16.7 Å². The number of benzene rings is 2. The van der Waals surface area contributed by atoms with Crippen molar-refractivity contribution in [1.29, 1.82) is 5.26 Å². The van der Waals surface area contributed by atoms with E-state index in [-0.39, 0.29) is 6.03 Å². The second kappa shape index (κ2) is 8.11. The van der Waals surface area contributed by atoms with Crippen LogP contribution in [0, 0.1) is 11.3 Å². The van der Waals surface area contributed by atoms with Crippen LogP contribution >= 0.6 is 0 Å². The van der Waals surface area contributed by atoms with Crippen LogP contribution in [0.3, 0.4) is 0 Å². The summed E-state index contributed by atoms with van der Waals surface area (Å²) in [4.78, 5) is 12.5. The van der Waals surface area contributed by atoms with Gasteiger partial charge in [0, 0.05) is 35.0 Å². The lowest BCUT2D eigenvalue weighted by molar-refractivity contribution is 0.240. The Morgan fingerprint density at radius 1 is 1.09 bits per heavy atom. The van der Waals surface area contributed by atoms with Crippen molar-refractivity contribution in [3.8, 4) is 6.07 Å². The van der Waals surface area contributed by atoms with E-state index in [1.807, 2.05) is 18.2 Å². The van der Waals surface area contributed by atoms with E-state index in [4.69, 9.17) is 5.26 Å². The van der Waals surface area contributed by atoms with Crippen LogP contribution in [0.15, 0.2) is 53.4 Å². The van der Waals surface area contributed by atoms with E-state index in [0.717, 1.165) is 16.0 Å². The van der Waals surface area contributed by atoms with Crippen molar-refractivity contribution in [3.05, 3.63) is 65.2 Å². The molecule has 2 N–H and O–H groups in total. The van der Waals surface area contributed by atoms with E-state index in [0.29, 0.717) is 18.7 Å². The minimum atomic E-state index is -1.000. The Kier molecular flexibility index (Phi) is 5.89. The third-order valence-electron chi connectivity index (χ3n) is 3.22. The van der Waals surface area contributed by atoms with E-state index < -0.39 is 10.8 Å². The molecule has 0 fully saturated rings. The minimum Gasteiger partial charge on any atom is -0.334 e. The zero-order valence-corrected chi connectivity index (χ0v) is 13.5. The summed E-state index contributed by atoms with van der Waals surface area (Å²) in [6, 6.07) is 16.1. The summed E-state index contributed by atoms with van der Waals surface area (Å²) in [7, 11) is -1.000. The molecule has 0 bridgehead atoms. The first-order valence-electron chi connectivity index (χ1n) is 7.01. The zero-order chi connectivity index (χ0) is 16.7. The largest absolute Gasteiger partial charge is 0.334 e. The van der Waals surface area contributed by atoms with Gasteiger partial charge in [-0.05, 0) is 35.4 Å². The van der Waals surface area contributed by atoms with Gasteiger partial charge >= 0.3 is 6.03 Å². The lowest BCUT2D eigenvalue weighted by atomic mass is 10.1. The molecule has 2 amide bonds. The van der Waals surface area contributed by atoms with Gasteiger partial charge in [0.15, 0.2) is 0 Å². The summed E-state index contributed by atoms with van der Waals surface area (Å²) in [5, 5.41) is 14.3. The smallest absolute Gasteiger partial charge is 0.315 e. The summed E-state index contributed by atoms with van der Waals surface area (Å²) in [5.74, 6) is 0. The second-order valence-corrected chi connectivity index (χ2v) is 6.33. The number of amides is 2. The van der Waals surface area contributed by atoms with Crippen molar-refractivity contribution in [2.75, 3.05) is 6.26 Å². The Morgan fingerprint density at radius 2 is 1.74 bits per heavy atom. The van der Waals surface area contributed by atoms with Gasteiger partial charge in [0.1, 0.15) is 0 Å². The summed E-state index contributed by atoms with van der Waals surface area (Å²) in [6.07, 6.45) is 1.63. The third kappa shape index (κ3) is 5.24. The molecule has 0 saturated carbocycles. The molecule has 1 atom stereocenters. The van der Waals surface area contributed by atoms with Crippen LogP contribution in [-0.2, 0) is 23.9 Å². The number of urea groups is 1. The van der Waals surface area contributed by atoms with Gasteiger partial charge in [-0.2, -0.15) is 5.26 Å². The topological polar surface area (TPSA) is 82.0 Å². The maximum Gasteiger partial charge on any atom is 0.315 e. The molecule has 118 valence electrons. The Bertz CT molecular complexity index is 751. The summed E-state index contributed by atoms with van der Waals surface area (Å²) in [5.41, 5.74) is 2.37. The number of hydrogen-bond donors (Lipinski definition) is 2. The first kappa shape index (κ1) is 16.7. The highest BCUT2D eigenvalue weighted by atomic mass is 32.2. The fourth-order valence-electron chi connectivity index (χ4n) is 1.98. The summed E-state index contributed by atoms with van der Waals surface area (Å²) < 4.78 is 11.3. The fraction of sp³-hybridized carbons (Fsp3) is 0.176. The molecule has 2 aromatic rings. The third-order valence-corrected chi connectivity index (χ3v) is 4.15. The summed E-state index contributed by atoms with van der Waals surface area (Å²) in [6.45, 7) is 0.746. The van der Waals surface area contributed by atoms with Crippen LogP contribution in [0.5, 0.6) is 0 Å². The molecule has 0 spiro atoms. The van der Waals surface area contributed by atoms with Crippen LogP contribution in [0.25, 0.3) is 0 Å². The molecule has 23 heavy (non-hydrogen) atoms. The molecule has 0 aliphatic carbocycles. The Balaban J connectivity index is 1.80. The van der Waals surface area contributed by atoms with Crippen molar-refractivity contribution < 1.29 is 9.00 Å². The lowest BCUT2D eigenvalue weighted by Crippen LogP contribution is -2.34. The first-order valence-corrected chi connectivity index (χ1v) is 8.57. The minimum absolute atomic E-state index is 0.282. The summed E-state index contributed by atoms with van der Waals surface area (Å²) >= 11 is 0. The van der Waals surface area contributed by atoms with E-state index in [1.165, 1.54) is 0 Å². The van der Waals surface area contributed by atoms with Gasteiger partial charge in [-0.1, -0.05) is 24.3 Å². The Labute approximate surface area is 137 Å². The number of carbonyl (C=O) groups excluding carboxylic acids is 1. The molecular weight excluding hydrogens is 310 g/mol. The average Bonchev–Trinajstić information content (AvgIpc) is 2.58. The van der Waals surface area contributed by atoms with Gasteiger partial charge in [0.25, 0.3) is 0 Å². The molecule has 0 aliphatic rings. The Morgan fingerprint density at radius 3 is 2.35 bits per heavy atom. The van der Waals surface area contributed by atoms with Crippen molar-refractivity contribution in [2.24, 2.45) is 0 Å². The molecule has 0 saturated heterocycles.